The van der Waals surface area contributed by atoms with E-state index in [1.165, 1.54) is 6.07 Å². The van der Waals surface area contributed by atoms with Crippen LogP contribution in [0.15, 0.2) is 36.5 Å². The molecule has 1 aliphatic rings. The molecule has 8 nitrogen and oxygen atoms in total. The van der Waals surface area contributed by atoms with E-state index < -0.39 is 10.8 Å². The minimum atomic E-state index is -0.488. The highest BCUT2D eigenvalue weighted by Crippen LogP contribution is 2.21. The van der Waals surface area contributed by atoms with Gasteiger partial charge in [-0.1, -0.05) is 6.07 Å². The molecular formula is C18H21N5O3. The van der Waals surface area contributed by atoms with Crippen molar-refractivity contribution in [3.63, 3.8) is 0 Å². The van der Waals surface area contributed by atoms with E-state index in [1.807, 2.05) is 6.07 Å². The van der Waals surface area contributed by atoms with Crippen LogP contribution in [0.4, 0.5) is 17.2 Å². The molecule has 0 aliphatic carbocycles. The first-order chi connectivity index (χ1) is 12.4. The molecule has 1 amide bonds. The van der Waals surface area contributed by atoms with E-state index in [-0.39, 0.29) is 11.3 Å². The number of likely N-dealkylation sites (N-methyl/N-ethyl adjacent to an activating group) is 1. The first kappa shape index (κ1) is 17.8. The third kappa shape index (κ3) is 3.97. The molecule has 0 saturated carbocycles. The molecule has 3 rings (SSSR count). The minimum absolute atomic E-state index is 0.0683. The van der Waals surface area contributed by atoms with Gasteiger partial charge in [-0.2, -0.15) is 0 Å². The van der Waals surface area contributed by atoms with Gasteiger partial charge in [0.2, 0.25) is 0 Å². The van der Waals surface area contributed by atoms with Crippen molar-refractivity contribution in [3.05, 3.63) is 57.8 Å². The smallest absolute Gasteiger partial charge is 0.273 e. The van der Waals surface area contributed by atoms with Gasteiger partial charge in [-0.25, -0.2) is 4.98 Å². The number of nitro groups is 1. The molecule has 1 aliphatic heterocycles. The second kappa shape index (κ2) is 7.49. The number of rotatable bonds is 4. The number of pyridine rings is 1. The van der Waals surface area contributed by atoms with Crippen LogP contribution in [0.25, 0.3) is 0 Å². The number of aromatic nitrogens is 1. The number of nitrogens with zero attached hydrogens (tertiary/aromatic N) is 4. The molecule has 2 heterocycles. The minimum Gasteiger partial charge on any atom is -0.354 e. The maximum absolute atomic E-state index is 12.3. The van der Waals surface area contributed by atoms with Gasteiger partial charge in [0.15, 0.2) is 0 Å². The van der Waals surface area contributed by atoms with Crippen molar-refractivity contribution in [2.45, 2.75) is 6.92 Å². The van der Waals surface area contributed by atoms with Gasteiger partial charge in [-0.3, -0.25) is 14.9 Å². The summed E-state index contributed by atoms with van der Waals surface area (Å²) in [6, 6.07) is 8.10. The van der Waals surface area contributed by atoms with Crippen LogP contribution in [0.3, 0.4) is 0 Å². The van der Waals surface area contributed by atoms with Crippen molar-refractivity contribution >= 4 is 23.1 Å². The summed E-state index contributed by atoms with van der Waals surface area (Å²) in [5, 5.41) is 13.7. The maximum Gasteiger partial charge on any atom is 0.273 e. The Morgan fingerprint density at radius 1 is 1.19 bits per heavy atom. The first-order valence-electron chi connectivity index (χ1n) is 8.40. The van der Waals surface area contributed by atoms with Gasteiger partial charge >= 0.3 is 0 Å². The largest absolute Gasteiger partial charge is 0.354 e. The Labute approximate surface area is 151 Å². The van der Waals surface area contributed by atoms with Crippen molar-refractivity contribution in [2.24, 2.45) is 0 Å². The third-order valence-electron chi connectivity index (χ3n) is 4.50. The molecule has 1 aromatic heterocycles. The molecule has 0 atom stereocenters. The van der Waals surface area contributed by atoms with Crippen molar-refractivity contribution in [1.82, 2.24) is 9.88 Å². The highest BCUT2D eigenvalue weighted by molar-refractivity contribution is 6.04. The summed E-state index contributed by atoms with van der Waals surface area (Å²) >= 11 is 0. The lowest BCUT2D eigenvalue weighted by atomic mass is 10.1. The zero-order valence-corrected chi connectivity index (χ0v) is 14.8. The molecule has 26 heavy (non-hydrogen) atoms. The summed E-state index contributed by atoms with van der Waals surface area (Å²) in [6.07, 6.45) is 1.61. The lowest BCUT2D eigenvalue weighted by molar-refractivity contribution is -0.385. The van der Waals surface area contributed by atoms with Crippen LogP contribution in [0.5, 0.6) is 0 Å². The number of aryl methyl sites for hydroxylation is 1. The predicted molar refractivity (Wildman–Crippen MR) is 99.7 cm³/mol. The number of anilines is 2. The van der Waals surface area contributed by atoms with Crippen molar-refractivity contribution < 1.29 is 9.72 Å². The van der Waals surface area contributed by atoms with Gasteiger partial charge in [-0.05, 0) is 32.2 Å². The number of piperazine rings is 1. The molecule has 1 saturated heterocycles. The number of hydrogen-bond acceptors (Lipinski definition) is 6. The van der Waals surface area contributed by atoms with Crippen LogP contribution in [0.1, 0.15) is 15.9 Å². The van der Waals surface area contributed by atoms with Crippen LogP contribution >= 0.6 is 0 Å². The highest BCUT2D eigenvalue weighted by atomic mass is 16.6. The summed E-state index contributed by atoms with van der Waals surface area (Å²) in [5.74, 6) is 0.476. The number of hydrogen-bond donors (Lipinski definition) is 1. The van der Waals surface area contributed by atoms with Gasteiger partial charge in [0.05, 0.1) is 16.8 Å². The summed E-state index contributed by atoms with van der Waals surface area (Å²) in [5.41, 5.74) is 1.24. The SMILES string of the molecule is Cc1ccc(C(=O)Nc2ccc(N3CCN(C)CC3)nc2)cc1[N+](=O)[O-]. The van der Waals surface area contributed by atoms with Crippen LogP contribution in [0, 0.1) is 17.0 Å². The van der Waals surface area contributed by atoms with Crippen LogP contribution in [-0.4, -0.2) is 53.9 Å². The number of carbonyl (C=O) groups excluding carboxylic acids is 1. The monoisotopic (exact) mass is 355 g/mol. The Morgan fingerprint density at radius 3 is 2.54 bits per heavy atom. The van der Waals surface area contributed by atoms with E-state index in [0.29, 0.717) is 11.3 Å². The zero-order valence-electron chi connectivity index (χ0n) is 14.8. The zero-order chi connectivity index (χ0) is 18.7. The standard InChI is InChI=1S/C18H21N5O3/c1-13-3-4-14(11-16(13)23(25)26)18(24)20-15-5-6-17(19-12-15)22-9-7-21(2)8-10-22/h3-6,11-12H,7-10H2,1-2H3,(H,20,24). The number of carbonyl (C=O) groups is 1. The van der Waals surface area contributed by atoms with E-state index >= 15 is 0 Å². The van der Waals surface area contributed by atoms with Gasteiger partial charge in [0, 0.05) is 43.4 Å². The number of amides is 1. The summed E-state index contributed by atoms with van der Waals surface area (Å²) in [7, 11) is 2.10. The molecule has 1 aromatic carbocycles. The molecule has 0 bridgehead atoms. The lowest BCUT2D eigenvalue weighted by Crippen LogP contribution is -2.44. The molecule has 2 aromatic rings. The Kier molecular flexibility index (Phi) is 5.13. The summed E-state index contributed by atoms with van der Waals surface area (Å²) in [6.45, 7) is 5.46. The second-order valence-electron chi connectivity index (χ2n) is 6.41. The molecule has 1 N–H and O–H groups in total. The average molecular weight is 355 g/mol. The Hall–Kier alpha value is -3.00. The van der Waals surface area contributed by atoms with Crippen molar-refractivity contribution in [2.75, 3.05) is 43.4 Å². The van der Waals surface area contributed by atoms with E-state index in [4.69, 9.17) is 0 Å². The van der Waals surface area contributed by atoms with Crippen LogP contribution < -0.4 is 10.2 Å². The second-order valence-corrected chi connectivity index (χ2v) is 6.41. The Morgan fingerprint density at radius 2 is 1.92 bits per heavy atom. The summed E-state index contributed by atoms with van der Waals surface area (Å²) in [4.78, 5) is 31.8. The van der Waals surface area contributed by atoms with E-state index in [9.17, 15) is 14.9 Å². The van der Waals surface area contributed by atoms with Crippen molar-refractivity contribution in [1.29, 1.82) is 0 Å². The van der Waals surface area contributed by atoms with Gasteiger partial charge in [-0.15, -0.1) is 0 Å². The first-order valence-corrected chi connectivity index (χ1v) is 8.40. The van der Waals surface area contributed by atoms with E-state index in [1.54, 1.807) is 31.3 Å². The molecule has 0 unspecified atom stereocenters. The Balaban J connectivity index is 1.68. The average Bonchev–Trinajstić information content (AvgIpc) is 2.63. The van der Waals surface area contributed by atoms with E-state index in [0.717, 1.165) is 32.0 Å². The highest BCUT2D eigenvalue weighted by Gasteiger charge is 2.17. The van der Waals surface area contributed by atoms with Gasteiger partial charge < -0.3 is 15.1 Å². The maximum atomic E-state index is 12.3. The fourth-order valence-corrected chi connectivity index (χ4v) is 2.83. The molecular weight excluding hydrogens is 334 g/mol. The fourth-order valence-electron chi connectivity index (χ4n) is 2.83. The van der Waals surface area contributed by atoms with Crippen molar-refractivity contribution in [3.8, 4) is 0 Å². The predicted octanol–water partition coefficient (Wildman–Crippen LogP) is 2.30. The molecule has 136 valence electrons. The third-order valence-corrected chi connectivity index (χ3v) is 4.50. The number of nitro benzene ring substituents is 1. The normalized spacial score (nSPS) is 14.9. The van der Waals surface area contributed by atoms with E-state index in [2.05, 4.69) is 27.1 Å². The van der Waals surface area contributed by atoms with Crippen LogP contribution in [-0.2, 0) is 0 Å². The molecule has 0 radical (unpaired) electrons. The quantitative estimate of drug-likeness (QED) is 0.668. The fraction of sp³-hybridized carbons (Fsp3) is 0.333. The Bertz CT molecular complexity index is 814. The lowest BCUT2D eigenvalue weighted by Gasteiger charge is -2.33. The van der Waals surface area contributed by atoms with Gasteiger partial charge in [0.1, 0.15) is 5.82 Å². The molecule has 1 fully saturated rings. The molecule has 8 heteroatoms. The topological polar surface area (TPSA) is 91.6 Å². The summed E-state index contributed by atoms with van der Waals surface area (Å²) < 4.78 is 0. The number of nitrogens with one attached hydrogen (secondary N) is 1. The molecule has 0 spiro atoms. The number of benzene rings is 1. The van der Waals surface area contributed by atoms with Gasteiger partial charge in [0.25, 0.3) is 11.6 Å². The van der Waals surface area contributed by atoms with Crippen LogP contribution in [0.2, 0.25) is 0 Å².